The normalized spacial score (nSPS) is 20.6. The summed E-state index contributed by atoms with van der Waals surface area (Å²) < 4.78 is 27.5. The molecule has 3 atom stereocenters. The number of H-pyrrole nitrogens is 1. The first-order chi connectivity index (χ1) is 19.7. The number of nitrogens with zero attached hydrogens (tertiary/aromatic N) is 8. The van der Waals surface area contributed by atoms with E-state index in [0.717, 1.165) is 41.1 Å². The van der Waals surface area contributed by atoms with E-state index in [2.05, 4.69) is 30.2 Å². The Morgan fingerprint density at radius 1 is 1.15 bits per heavy atom. The molecule has 0 aromatic carbocycles. The van der Waals surface area contributed by atoms with E-state index in [1.54, 1.807) is 12.4 Å². The molecule has 210 valence electrons. The molecule has 5 aromatic heterocycles. The van der Waals surface area contributed by atoms with Crippen molar-refractivity contribution in [2.45, 2.75) is 55.5 Å². The highest BCUT2D eigenvalue weighted by molar-refractivity contribution is 7.91. The average Bonchev–Trinajstić information content (AvgIpc) is 3.74. The third-order valence-corrected chi connectivity index (χ3v) is 10.1. The van der Waals surface area contributed by atoms with Gasteiger partial charge >= 0.3 is 0 Å². The van der Waals surface area contributed by atoms with Gasteiger partial charge in [0.05, 0.1) is 17.6 Å². The Bertz CT molecular complexity index is 1880. The molecule has 0 unspecified atom stereocenters. The van der Waals surface area contributed by atoms with E-state index < -0.39 is 9.84 Å². The second-order valence-electron chi connectivity index (χ2n) is 10.6. The van der Waals surface area contributed by atoms with E-state index in [1.165, 1.54) is 22.2 Å². The molecule has 7 heterocycles. The van der Waals surface area contributed by atoms with Crippen LogP contribution < -0.4 is 5.73 Å². The average molecular weight is 591 g/mol. The van der Waals surface area contributed by atoms with Crippen LogP contribution in [-0.4, -0.2) is 77.3 Å². The van der Waals surface area contributed by atoms with E-state index in [9.17, 15) is 13.2 Å². The molecule has 3 N–H and O–H groups in total. The van der Waals surface area contributed by atoms with Gasteiger partial charge in [-0.1, -0.05) is 6.07 Å². The maximum Gasteiger partial charge on any atom is 0.292 e. The summed E-state index contributed by atoms with van der Waals surface area (Å²) in [6, 6.07) is 3.68. The van der Waals surface area contributed by atoms with Gasteiger partial charge in [-0.15, -0.1) is 21.5 Å². The van der Waals surface area contributed by atoms with E-state index in [1.807, 2.05) is 29.3 Å². The van der Waals surface area contributed by atoms with Gasteiger partial charge in [0.25, 0.3) is 5.91 Å². The number of aryl methyl sites for hydroxylation is 1. The molecule has 13 nitrogen and oxygen atoms in total. The smallest absolute Gasteiger partial charge is 0.292 e. The minimum atomic E-state index is -3.74. The number of hydrogen-bond acceptors (Lipinski definition) is 11. The number of aromatic nitrogens is 8. The van der Waals surface area contributed by atoms with Gasteiger partial charge in [-0.3, -0.25) is 9.78 Å². The van der Waals surface area contributed by atoms with Crippen molar-refractivity contribution in [3.8, 4) is 21.8 Å². The van der Waals surface area contributed by atoms with Crippen molar-refractivity contribution in [3.63, 3.8) is 0 Å². The molecule has 15 heteroatoms. The number of nitrogens with one attached hydrogen (secondary N) is 1. The number of piperidine rings is 1. The zero-order valence-electron chi connectivity index (χ0n) is 22.2. The first kappa shape index (κ1) is 25.7. The second kappa shape index (κ2) is 9.41. The zero-order valence-corrected chi connectivity index (χ0v) is 23.9. The van der Waals surface area contributed by atoms with Gasteiger partial charge in [0.2, 0.25) is 5.82 Å². The molecule has 0 radical (unpaired) electrons. The molecular formula is C26H26N10O3S2. The van der Waals surface area contributed by atoms with Crippen LogP contribution in [0.15, 0.2) is 41.1 Å². The molecule has 0 saturated carbocycles. The minimum absolute atomic E-state index is 0.00771. The number of pyridine rings is 1. The quantitative estimate of drug-likeness (QED) is 0.309. The fourth-order valence-electron chi connectivity index (χ4n) is 6.19. The topological polar surface area (TPSA) is 178 Å². The molecule has 2 fully saturated rings. The molecule has 2 saturated heterocycles. The highest BCUT2D eigenvalue weighted by atomic mass is 32.2. The van der Waals surface area contributed by atoms with Crippen molar-refractivity contribution in [1.82, 2.24) is 44.6 Å². The van der Waals surface area contributed by atoms with Crippen LogP contribution in [0.2, 0.25) is 0 Å². The number of sulfone groups is 1. The van der Waals surface area contributed by atoms with E-state index >= 15 is 0 Å². The summed E-state index contributed by atoms with van der Waals surface area (Å²) in [4.78, 5) is 31.8. The molecule has 0 aliphatic carbocycles. The number of nitrogens with two attached hydrogens (primary N) is 1. The van der Waals surface area contributed by atoms with Crippen LogP contribution in [0.3, 0.4) is 0 Å². The Balaban J connectivity index is 1.28. The van der Waals surface area contributed by atoms with Gasteiger partial charge in [-0.25, -0.2) is 18.4 Å². The maximum atomic E-state index is 13.1. The van der Waals surface area contributed by atoms with Crippen molar-refractivity contribution in [2.24, 2.45) is 0 Å². The predicted octanol–water partition coefficient (Wildman–Crippen LogP) is 2.88. The molecule has 1 amide bonds. The SMILES string of the molecule is Cc1csc(-c2ccc(-c3cnn4c(N)c(S(C)(=O)=O)c([C@H]5C[C@H]6CC[C@@H](C5)N6C(=O)c5nnc[nH]5)nc34)cn2)n1. The van der Waals surface area contributed by atoms with Crippen LogP contribution in [-0.2, 0) is 9.84 Å². The molecule has 2 aliphatic rings. The molecule has 41 heavy (non-hydrogen) atoms. The van der Waals surface area contributed by atoms with Gasteiger partial charge in [-0.05, 0) is 38.7 Å². The van der Waals surface area contributed by atoms with Crippen molar-refractivity contribution >= 4 is 38.5 Å². The lowest BCUT2D eigenvalue weighted by atomic mass is 9.87. The number of anilines is 1. The van der Waals surface area contributed by atoms with E-state index in [4.69, 9.17) is 10.7 Å². The summed E-state index contributed by atoms with van der Waals surface area (Å²) in [6.07, 6.45) is 8.65. The summed E-state index contributed by atoms with van der Waals surface area (Å²) in [6.45, 7) is 1.94. The van der Waals surface area contributed by atoms with Gasteiger partial charge in [0.1, 0.15) is 22.0 Å². The van der Waals surface area contributed by atoms with E-state index in [-0.39, 0.29) is 40.4 Å². The third-order valence-electron chi connectivity index (χ3n) is 7.92. The highest BCUT2D eigenvalue weighted by Gasteiger charge is 2.46. The van der Waals surface area contributed by atoms with E-state index in [0.29, 0.717) is 29.7 Å². The van der Waals surface area contributed by atoms with Gasteiger partial charge in [0.15, 0.2) is 15.5 Å². The van der Waals surface area contributed by atoms with Crippen LogP contribution >= 0.6 is 11.3 Å². The summed E-state index contributed by atoms with van der Waals surface area (Å²) in [5, 5.41) is 14.8. The third kappa shape index (κ3) is 4.26. The lowest BCUT2D eigenvalue weighted by Crippen LogP contribution is -2.46. The van der Waals surface area contributed by atoms with Crippen molar-refractivity contribution < 1.29 is 13.2 Å². The first-order valence-electron chi connectivity index (χ1n) is 13.1. The lowest BCUT2D eigenvalue weighted by molar-refractivity contribution is 0.0556. The largest absolute Gasteiger partial charge is 0.382 e. The van der Waals surface area contributed by atoms with Crippen molar-refractivity contribution in [1.29, 1.82) is 0 Å². The summed E-state index contributed by atoms with van der Waals surface area (Å²) >= 11 is 1.53. The first-order valence-corrected chi connectivity index (χ1v) is 15.9. The molecule has 7 rings (SSSR count). The Kier molecular flexibility index (Phi) is 5.90. The monoisotopic (exact) mass is 590 g/mol. The molecular weight excluding hydrogens is 564 g/mol. The van der Waals surface area contributed by atoms with Gasteiger partial charge in [-0.2, -0.15) is 9.61 Å². The summed E-state index contributed by atoms with van der Waals surface area (Å²) in [5.41, 5.74) is 10.5. The molecule has 0 spiro atoms. The standard InChI is InChI=1S/C26H26N10O3S2/c1-13-11-40-25(32-13)19-6-3-14(9-28-19)18-10-31-36-22(27)21(41(2,38)39)20(33-24(18)36)15-7-16-4-5-17(8-15)35(16)26(37)23-29-12-30-34-23/h3,6,9-12,15-17H,4-5,7-8,27H2,1-2H3,(H,29,30,34)/t15-,16+,17-. The number of fused-ring (bicyclic) bond motifs is 3. The number of carbonyl (C=O) groups is 1. The number of rotatable bonds is 5. The van der Waals surface area contributed by atoms with Crippen LogP contribution in [0, 0.1) is 6.92 Å². The summed E-state index contributed by atoms with van der Waals surface area (Å²) in [7, 11) is -3.74. The predicted molar refractivity (Wildman–Crippen MR) is 151 cm³/mol. The second-order valence-corrected chi connectivity index (χ2v) is 13.4. The zero-order chi connectivity index (χ0) is 28.5. The van der Waals surface area contributed by atoms with Crippen molar-refractivity contribution in [3.05, 3.63) is 53.4 Å². The number of carbonyl (C=O) groups excluding carboxylic acids is 1. The number of amides is 1. The molecule has 5 aromatic rings. The highest BCUT2D eigenvalue weighted by Crippen LogP contribution is 2.45. The Morgan fingerprint density at radius 3 is 2.54 bits per heavy atom. The number of thiazole rings is 1. The van der Waals surface area contributed by atoms with Gasteiger partial charge < -0.3 is 15.6 Å². The summed E-state index contributed by atoms with van der Waals surface area (Å²) in [5.74, 6) is -0.176. The fourth-order valence-corrected chi connectivity index (χ4v) is 8.03. The van der Waals surface area contributed by atoms with Crippen molar-refractivity contribution in [2.75, 3.05) is 12.0 Å². The van der Waals surface area contributed by atoms with Crippen LogP contribution in [0.1, 0.15) is 53.6 Å². The van der Waals surface area contributed by atoms with Crippen LogP contribution in [0.25, 0.3) is 27.5 Å². The number of aromatic amines is 1. The lowest BCUT2D eigenvalue weighted by Gasteiger charge is -2.38. The minimum Gasteiger partial charge on any atom is -0.382 e. The Hall–Kier alpha value is -4.24. The molecule has 2 bridgehead atoms. The number of nitrogen functional groups attached to an aromatic ring is 1. The maximum absolute atomic E-state index is 13.1. The van der Waals surface area contributed by atoms with Gasteiger partial charge in [0, 0.05) is 52.7 Å². The van der Waals surface area contributed by atoms with Crippen LogP contribution in [0.4, 0.5) is 5.82 Å². The van der Waals surface area contributed by atoms with Crippen LogP contribution in [0.5, 0.6) is 0 Å². The number of hydrogen-bond donors (Lipinski definition) is 2. The Labute approximate surface area is 238 Å². The Morgan fingerprint density at radius 2 is 1.93 bits per heavy atom. The molecule has 2 aliphatic heterocycles. The fraction of sp³-hybridized carbons (Fsp3) is 0.346.